The van der Waals surface area contributed by atoms with Gasteiger partial charge in [-0.2, -0.15) is 0 Å². The Morgan fingerprint density at radius 1 is 1.31 bits per heavy atom. The third kappa shape index (κ3) is 2.73. The Labute approximate surface area is 95.4 Å². The molecule has 1 fully saturated rings. The van der Waals surface area contributed by atoms with Crippen LogP contribution < -0.4 is 11.1 Å². The fraction of sp³-hybridized carbons (Fsp3) is 0.417. The predicted molar refractivity (Wildman–Crippen MR) is 65.2 cm³/mol. The molecule has 4 nitrogen and oxygen atoms in total. The molecule has 0 spiro atoms. The number of anilines is 2. The van der Waals surface area contributed by atoms with Crippen molar-refractivity contribution in [3.63, 3.8) is 0 Å². The Morgan fingerprint density at radius 2 is 2.00 bits per heavy atom. The fourth-order valence-corrected chi connectivity index (χ4v) is 1.94. The van der Waals surface area contributed by atoms with Crippen LogP contribution in [0, 0.1) is 0 Å². The van der Waals surface area contributed by atoms with Crippen LogP contribution in [-0.2, 0) is 4.79 Å². The first-order chi connectivity index (χ1) is 7.75. The third-order valence-corrected chi connectivity index (χ3v) is 2.80. The van der Waals surface area contributed by atoms with E-state index in [1.54, 1.807) is 6.07 Å². The van der Waals surface area contributed by atoms with Crippen molar-refractivity contribution in [1.29, 1.82) is 0 Å². The number of amides is 1. The van der Waals surface area contributed by atoms with Gasteiger partial charge in [0.05, 0.1) is 17.9 Å². The molecule has 3 N–H and O–H groups in total. The molecular formula is C12H17N3O. The average molecular weight is 219 g/mol. The molecule has 1 heterocycles. The molecule has 16 heavy (non-hydrogen) atoms. The predicted octanol–water partition coefficient (Wildman–Crippen LogP) is 1.30. The van der Waals surface area contributed by atoms with Crippen LogP contribution in [0.4, 0.5) is 11.4 Å². The average Bonchev–Trinajstić information content (AvgIpc) is 2.74. The lowest BCUT2D eigenvalue weighted by Crippen LogP contribution is -2.31. The minimum atomic E-state index is 0.0137. The second-order valence-corrected chi connectivity index (χ2v) is 4.12. The smallest absolute Gasteiger partial charge is 0.238 e. The van der Waals surface area contributed by atoms with E-state index in [9.17, 15) is 4.79 Å². The number of nitrogens with one attached hydrogen (secondary N) is 1. The van der Waals surface area contributed by atoms with Crippen molar-refractivity contribution < 1.29 is 4.79 Å². The lowest BCUT2D eigenvalue weighted by molar-refractivity contribution is -0.117. The van der Waals surface area contributed by atoms with Gasteiger partial charge in [0.2, 0.25) is 5.91 Å². The summed E-state index contributed by atoms with van der Waals surface area (Å²) in [5.74, 6) is 0.0137. The molecule has 4 heteroatoms. The summed E-state index contributed by atoms with van der Waals surface area (Å²) in [5, 5.41) is 2.83. The molecular weight excluding hydrogens is 202 g/mol. The van der Waals surface area contributed by atoms with Gasteiger partial charge in [-0.3, -0.25) is 9.69 Å². The molecule has 0 radical (unpaired) electrons. The summed E-state index contributed by atoms with van der Waals surface area (Å²) in [6.45, 7) is 2.52. The first kappa shape index (κ1) is 11.0. The number of nitrogen functional groups attached to an aromatic ring is 1. The maximum absolute atomic E-state index is 11.7. The van der Waals surface area contributed by atoms with Crippen molar-refractivity contribution in [2.75, 3.05) is 30.7 Å². The first-order valence-electron chi connectivity index (χ1n) is 5.62. The summed E-state index contributed by atoms with van der Waals surface area (Å²) in [4.78, 5) is 13.9. The molecule has 0 bridgehead atoms. The number of para-hydroxylation sites is 2. The highest BCUT2D eigenvalue weighted by Crippen LogP contribution is 2.16. The molecule has 0 saturated carbocycles. The lowest BCUT2D eigenvalue weighted by Gasteiger charge is -2.14. The van der Waals surface area contributed by atoms with Crippen LogP contribution in [0.3, 0.4) is 0 Å². The Hall–Kier alpha value is -1.55. The Morgan fingerprint density at radius 3 is 2.69 bits per heavy atom. The topological polar surface area (TPSA) is 58.4 Å². The van der Waals surface area contributed by atoms with Crippen LogP contribution >= 0.6 is 0 Å². The molecule has 0 aliphatic carbocycles. The summed E-state index contributed by atoms with van der Waals surface area (Å²) in [5.41, 5.74) is 7.06. The van der Waals surface area contributed by atoms with Crippen molar-refractivity contribution >= 4 is 17.3 Å². The Bertz CT molecular complexity index is 372. The van der Waals surface area contributed by atoms with Gasteiger partial charge in [0.15, 0.2) is 0 Å². The van der Waals surface area contributed by atoms with Gasteiger partial charge in [-0.1, -0.05) is 12.1 Å². The largest absolute Gasteiger partial charge is 0.397 e. The first-order valence-corrected chi connectivity index (χ1v) is 5.62. The molecule has 0 unspecified atom stereocenters. The standard InChI is InChI=1S/C12H17N3O/c13-10-5-1-2-6-11(10)14-12(16)9-15-7-3-4-8-15/h1-2,5-6H,3-4,7-9,13H2,(H,14,16). The molecule has 1 amide bonds. The summed E-state index contributed by atoms with van der Waals surface area (Å²) >= 11 is 0. The zero-order valence-corrected chi connectivity index (χ0v) is 9.28. The molecule has 0 aromatic heterocycles. The van der Waals surface area contributed by atoms with E-state index in [4.69, 9.17) is 5.73 Å². The Kier molecular flexibility index (Phi) is 3.41. The SMILES string of the molecule is Nc1ccccc1NC(=O)CN1CCCC1. The minimum absolute atomic E-state index is 0.0137. The summed E-state index contributed by atoms with van der Waals surface area (Å²) in [6, 6.07) is 7.32. The number of nitrogens with zero attached hydrogens (tertiary/aromatic N) is 1. The zero-order chi connectivity index (χ0) is 11.4. The summed E-state index contributed by atoms with van der Waals surface area (Å²) < 4.78 is 0. The second kappa shape index (κ2) is 4.99. The van der Waals surface area contributed by atoms with Crippen LogP contribution in [0.1, 0.15) is 12.8 Å². The van der Waals surface area contributed by atoms with E-state index in [1.165, 1.54) is 12.8 Å². The number of carbonyl (C=O) groups excluding carboxylic acids is 1. The molecule has 86 valence electrons. The Balaban J connectivity index is 1.89. The van der Waals surface area contributed by atoms with Gasteiger partial charge < -0.3 is 11.1 Å². The normalized spacial score (nSPS) is 16.2. The van der Waals surface area contributed by atoms with E-state index in [2.05, 4.69) is 10.2 Å². The highest BCUT2D eigenvalue weighted by atomic mass is 16.2. The molecule has 1 saturated heterocycles. The van der Waals surface area contributed by atoms with E-state index in [0.29, 0.717) is 17.9 Å². The minimum Gasteiger partial charge on any atom is -0.397 e. The fourth-order valence-electron chi connectivity index (χ4n) is 1.94. The number of hydrogen-bond donors (Lipinski definition) is 2. The maximum atomic E-state index is 11.7. The van der Waals surface area contributed by atoms with Crippen molar-refractivity contribution in [2.45, 2.75) is 12.8 Å². The summed E-state index contributed by atoms with van der Waals surface area (Å²) in [6.07, 6.45) is 2.39. The summed E-state index contributed by atoms with van der Waals surface area (Å²) in [7, 11) is 0. The van der Waals surface area contributed by atoms with Crippen molar-refractivity contribution in [1.82, 2.24) is 4.90 Å². The van der Waals surface area contributed by atoms with E-state index in [-0.39, 0.29) is 5.91 Å². The van der Waals surface area contributed by atoms with Crippen LogP contribution in [0.5, 0.6) is 0 Å². The number of carbonyl (C=O) groups is 1. The molecule has 2 rings (SSSR count). The van der Waals surface area contributed by atoms with Crippen LogP contribution in [0.25, 0.3) is 0 Å². The maximum Gasteiger partial charge on any atom is 0.238 e. The molecule has 0 atom stereocenters. The number of likely N-dealkylation sites (tertiary alicyclic amines) is 1. The quantitative estimate of drug-likeness (QED) is 0.753. The van der Waals surface area contributed by atoms with Gasteiger partial charge in [-0.15, -0.1) is 0 Å². The zero-order valence-electron chi connectivity index (χ0n) is 9.28. The van der Waals surface area contributed by atoms with Gasteiger partial charge in [-0.05, 0) is 38.1 Å². The van der Waals surface area contributed by atoms with Crippen molar-refractivity contribution in [2.24, 2.45) is 0 Å². The van der Waals surface area contributed by atoms with Gasteiger partial charge in [-0.25, -0.2) is 0 Å². The van der Waals surface area contributed by atoms with Crippen LogP contribution in [0.2, 0.25) is 0 Å². The van der Waals surface area contributed by atoms with E-state index in [1.807, 2.05) is 18.2 Å². The van der Waals surface area contributed by atoms with Crippen LogP contribution in [0.15, 0.2) is 24.3 Å². The lowest BCUT2D eigenvalue weighted by atomic mass is 10.2. The van der Waals surface area contributed by atoms with Gasteiger partial charge in [0, 0.05) is 0 Å². The van der Waals surface area contributed by atoms with E-state index >= 15 is 0 Å². The van der Waals surface area contributed by atoms with E-state index in [0.717, 1.165) is 13.1 Å². The number of hydrogen-bond acceptors (Lipinski definition) is 3. The number of rotatable bonds is 3. The number of nitrogens with two attached hydrogens (primary N) is 1. The van der Waals surface area contributed by atoms with E-state index < -0.39 is 0 Å². The van der Waals surface area contributed by atoms with Gasteiger partial charge >= 0.3 is 0 Å². The highest BCUT2D eigenvalue weighted by molar-refractivity contribution is 5.95. The van der Waals surface area contributed by atoms with Crippen LogP contribution in [-0.4, -0.2) is 30.4 Å². The number of benzene rings is 1. The van der Waals surface area contributed by atoms with Crippen molar-refractivity contribution in [3.8, 4) is 0 Å². The molecule has 1 aliphatic rings. The van der Waals surface area contributed by atoms with Gasteiger partial charge in [0.25, 0.3) is 0 Å². The second-order valence-electron chi connectivity index (χ2n) is 4.12. The molecule has 1 aromatic rings. The molecule has 1 aliphatic heterocycles. The molecule has 1 aromatic carbocycles. The van der Waals surface area contributed by atoms with Gasteiger partial charge in [0.1, 0.15) is 0 Å². The monoisotopic (exact) mass is 219 g/mol. The van der Waals surface area contributed by atoms with Crippen molar-refractivity contribution in [3.05, 3.63) is 24.3 Å². The third-order valence-electron chi connectivity index (χ3n) is 2.80. The highest BCUT2D eigenvalue weighted by Gasteiger charge is 2.15.